The molecule has 0 spiro atoms. The van der Waals surface area contributed by atoms with Crippen molar-refractivity contribution in [1.29, 1.82) is 0 Å². The van der Waals surface area contributed by atoms with E-state index < -0.39 is 0 Å². The van der Waals surface area contributed by atoms with Gasteiger partial charge >= 0.3 is 0 Å². The third-order valence-electron chi connectivity index (χ3n) is 3.95. The quantitative estimate of drug-likeness (QED) is 0.925. The van der Waals surface area contributed by atoms with Crippen molar-refractivity contribution in [3.8, 4) is 11.5 Å². The molecule has 4 heteroatoms. The molecule has 1 N–H and O–H groups in total. The molecule has 0 amide bonds. The lowest BCUT2D eigenvalue weighted by molar-refractivity contribution is 0.174. The third kappa shape index (κ3) is 1.95. The van der Waals surface area contributed by atoms with Crippen LogP contribution < -0.4 is 14.8 Å². The second kappa shape index (κ2) is 4.42. The van der Waals surface area contributed by atoms with Gasteiger partial charge in [-0.1, -0.05) is 13.8 Å². The van der Waals surface area contributed by atoms with Crippen molar-refractivity contribution in [1.82, 2.24) is 5.32 Å². The van der Waals surface area contributed by atoms with Crippen molar-refractivity contribution < 1.29 is 13.9 Å². The van der Waals surface area contributed by atoms with Gasteiger partial charge in [0, 0.05) is 23.1 Å². The standard InChI is InChI=1S/C16H19NO3/c1-9(2)17-7-15-16(10-3-4-10)11-5-13-14(19-8-18-13)6-12(11)20-15/h5-6,9-10,17H,3-4,7-8H2,1-2H3. The molecule has 2 heterocycles. The van der Waals surface area contributed by atoms with Gasteiger partial charge in [-0.3, -0.25) is 0 Å². The highest BCUT2D eigenvalue weighted by atomic mass is 16.7. The van der Waals surface area contributed by atoms with Crippen molar-refractivity contribution in [2.24, 2.45) is 0 Å². The molecule has 1 aliphatic heterocycles. The van der Waals surface area contributed by atoms with E-state index in [-0.39, 0.29) is 0 Å². The first-order valence-corrected chi connectivity index (χ1v) is 7.30. The summed E-state index contributed by atoms with van der Waals surface area (Å²) in [4.78, 5) is 0. The van der Waals surface area contributed by atoms with E-state index in [4.69, 9.17) is 13.9 Å². The van der Waals surface area contributed by atoms with Crippen LogP contribution in [0.4, 0.5) is 0 Å². The van der Waals surface area contributed by atoms with Crippen LogP contribution in [-0.4, -0.2) is 12.8 Å². The summed E-state index contributed by atoms with van der Waals surface area (Å²) in [6, 6.07) is 4.49. The summed E-state index contributed by atoms with van der Waals surface area (Å²) in [6.07, 6.45) is 2.52. The number of hydrogen-bond donors (Lipinski definition) is 1. The Morgan fingerprint density at radius 2 is 1.95 bits per heavy atom. The Morgan fingerprint density at radius 3 is 2.65 bits per heavy atom. The van der Waals surface area contributed by atoms with Gasteiger partial charge in [-0.15, -0.1) is 0 Å². The summed E-state index contributed by atoms with van der Waals surface area (Å²) >= 11 is 0. The monoisotopic (exact) mass is 273 g/mol. The SMILES string of the molecule is CC(C)NCc1oc2cc3c(cc2c1C1CC1)OCO3. The van der Waals surface area contributed by atoms with Crippen molar-refractivity contribution >= 4 is 11.0 Å². The average molecular weight is 273 g/mol. The van der Waals surface area contributed by atoms with Gasteiger partial charge in [0.05, 0.1) is 6.54 Å². The van der Waals surface area contributed by atoms with Crippen LogP contribution in [0.5, 0.6) is 11.5 Å². The fraction of sp³-hybridized carbons (Fsp3) is 0.500. The molecule has 20 heavy (non-hydrogen) atoms. The Hall–Kier alpha value is -1.68. The van der Waals surface area contributed by atoms with Crippen LogP contribution >= 0.6 is 0 Å². The Morgan fingerprint density at radius 1 is 1.20 bits per heavy atom. The first kappa shape index (κ1) is 12.1. The van der Waals surface area contributed by atoms with Gasteiger partial charge in [0.2, 0.25) is 6.79 Å². The van der Waals surface area contributed by atoms with Crippen molar-refractivity contribution in [3.05, 3.63) is 23.5 Å². The van der Waals surface area contributed by atoms with E-state index in [9.17, 15) is 0 Å². The van der Waals surface area contributed by atoms with E-state index in [1.807, 2.05) is 6.07 Å². The summed E-state index contributed by atoms with van der Waals surface area (Å²) in [7, 11) is 0. The van der Waals surface area contributed by atoms with Crippen LogP contribution in [0.1, 0.15) is 43.9 Å². The van der Waals surface area contributed by atoms with Gasteiger partial charge in [0.15, 0.2) is 11.5 Å². The Labute approximate surface area is 118 Å². The summed E-state index contributed by atoms with van der Waals surface area (Å²) in [5, 5.41) is 4.64. The predicted molar refractivity (Wildman–Crippen MR) is 76.3 cm³/mol. The molecule has 106 valence electrons. The highest BCUT2D eigenvalue weighted by molar-refractivity contribution is 5.87. The molecule has 1 saturated carbocycles. The highest BCUT2D eigenvalue weighted by Crippen LogP contribution is 2.48. The van der Waals surface area contributed by atoms with Gasteiger partial charge in [0.25, 0.3) is 0 Å². The molecule has 1 aromatic heterocycles. The highest BCUT2D eigenvalue weighted by Gasteiger charge is 2.32. The minimum absolute atomic E-state index is 0.308. The first-order chi connectivity index (χ1) is 9.72. The van der Waals surface area contributed by atoms with Crippen LogP contribution in [0.25, 0.3) is 11.0 Å². The zero-order valence-electron chi connectivity index (χ0n) is 11.9. The van der Waals surface area contributed by atoms with Crippen LogP contribution in [-0.2, 0) is 6.54 Å². The number of fused-ring (bicyclic) bond motifs is 2. The summed E-state index contributed by atoms with van der Waals surface area (Å²) in [5.74, 6) is 3.35. The molecule has 4 rings (SSSR count). The minimum Gasteiger partial charge on any atom is -0.459 e. The van der Waals surface area contributed by atoms with Crippen molar-refractivity contribution in [3.63, 3.8) is 0 Å². The van der Waals surface area contributed by atoms with E-state index in [0.717, 1.165) is 29.4 Å². The van der Waals surface area contributed by atoms with Crippen molar-refractivity contribution in [2.75, 3.05) is 6.79 Å². The number of rotatable bonds is 4. The molecule has 0 unspecified atom stereocenters. The van der Waals surface area contributed by atoms with E-state index in [0.29, 0.717) is 18.8 Å². The molecule has 1 fully saturated rings. The van der Waals surface area contributed by atoms with Crippen LogP contribution in [0, 0.1) is 0 Å². The molecule has 0 saturated heterocycles. The topological polar surface area (TPSA) is 43.6 Å². The van der Waals surface area contributed by atoms with Gasteiger partial charge in [-0.2, -0.15) is 0 Å². The van der Waals surface area contributed by atoms with E-state index in [1.54, 1.807) is 0 Å². The van der Waals surface area contributed by atoms with E-state index in [2.05, 4.69) is 25.2 Å². The summed E-state index contributed by atoms with van der Waals surface area (Å²) < 4.78 is 17.0. The lowest BCUT2D eigenvalue weighted by Gasteiger charge is -2.07. The van der Waals surface area contributed by atoms with Gasteiger partial charge in [-0.05, 0) is 24.8 Å². The molecule has 1 aromatic carbocycles. The normalized spacial score (nSPS) is 17.4. The Kier molecular flexibility index (Phi) is 2.67. The minimum atomic E-state index is 0.308. The Balaban J connectivity index is 1.80. The van der Waals surface area contributed by atoms with Crippen LogP contribution in [0.15, 0.2) is 16.5 Å². The van der Waals surface area contributed by atoms with E-state index in [1.165, 1.54) is 23.8 Å². The molecular formula is C16H19NO3. The maximum atomic E-state index is 6.08. The fourth-order valence-corrected chi connectivity index (χ4v) is 2.80. The molecule has 1 aliphatic carbocycles. The zero-order valence-corrected chi connectivity index (χ0v) is 11.9. The Bertz CT molecular complexity index is 655. The summed E-state index contributed by atoms with van der Waals surface area (Å²) in [6.45, 7) is 5.39. The van der Waals surface area contributed by atoms with Crippen LogP contribution in [0.3, 0.4) is 0 Å². The number of furan rings is 1. The lowest BCUT2D eigenvalue weighted by Crippen LogP contribution is -2.22. The third-order valence-corrected chi connectivity index (χ3v) is 3.95. The predicted octanol–water partition coefficient (Wildman–Crippen LogP) is 3.54. The molecule has 4 nitrogen and oxygen atoms in total. The number of hydrogen-bond acceptors (Lipinski definition) is 4. The molecular weight excluding hydrogens is 254 g/mol. The number of ether oxygens (including phenoxy) is 2. The van der Waals surface area contributed by atoms with E-state index >= 15 is 0 Å². The van der Waals surface area contributed by atoms with Crippen molar-refractivity contribution in [2.45, 2.75) is 45.2 Å². The molecule has 2 aromatic rings. The van der Waals surface area contributed by atoms with Gasteiger partial charge in [0.1, 0.15) is 11.3 Å². The smallest absolute Gasteiger partial charge is 0.231 e. The fourth-order valence-electron chi connectivity index (χ4n) is 2.80. The first-order valence-electron chi connectivity index (χ1n) is 7.30. The molecule has 0 radical (unpaired) electrons. The summed E-state index contributed by atoms with van der Waals surface area (Å²) in [5.41, 5.74) is 2.28. The number of benzene rings is 1. The molecule has 0 bridgehead atoms. The molecule has 0 atom stereocenters. The van der Waals surface area contributed by atoms with Gasteiger partial charge < -0.3 is 19.2 Å². The molecule has 2 aliphatic rings. The largest absolute Gasteiger partial charge is 0.459 e. The van der Waals surface area contributed by atoms with Gasteiger partial charge in [-0.25, -0.2) is 0 Å². The average Bonchev–Trinajstić information content (AvgIpc) is 3.04. The second-order valence-electron chi connectivity index (χ2n) is 5.95. The second-order valence-corrected chi connectivity index (χ2v) is 5.95. The maximum Gasteiger partial charge on any atom is 0.231 e. The maximum absolute atomic E-state index is 6.08. The van der Waals surface area contributed by atoms with Crippen LogP contribution in [0.2, 0.25) is 0 Å². The lowest BCUT2D eigenvalue weighted by atomic mass is 10.1. The zero-order chi connectivity index (χ0) is 13.7. The number of nitrogens with one attached hydrogen (secondary N) is 1.